The topological polar surface area (TPSA) is 20.3 Å². The van der Waals surface area contributed by atoms with E-state index in [1.165, 1.54) is 11.8 Å². The number of rotatable bonds is 2. The summed E-state index contributed by atoms with van der Waals surface area (Å²) in [7, 11) is 0. The standard InChI is InChI=1S/C9H14BrF2NO/c1-6(9(2,11)12)13-5-3-4-7(10)8(13)14/h6-7H,3-5H2,1-2H3. The van der Waals surface area contributed by atoms with Gasteiger partial charge in [-0.3, -0.25) is 4.79 Å². The van der Waals surface area contributed by atoms with Crippen LogP contribution in [0.3, 0.4) is 0 Å². The van der Waals surface area contributed by atoms with Crippen molar-refractivity contribution in [1.29, 1.82) is 0 Å². The van der Waals surface area contributed by atoms with Crippen LogP contribution < -0.4 is 0 Å². The number of hydrogen-bond donors (Lipinski definition) is 0. The molecule has 0 aliphatic carbocycles. The number of carbonyl (C=O) groups excluding carboxylic acids is 1. The Morgan fingerprint density at radius 3 is 2.71 bits per heavy atom. The number of carbonyl (C=O) groups is 1. The van der Waals surface area contributed by atoms with Gasteiger partial charge in [0.15, 0.2) is 0 Å². The first-order chi connectivity index (χ1) is 6.34. The highest BCUT2D eigenvalue weighted by atomic mass is 79.9. The van der Waals surface area contributed by atoms with Crippen molar-refractivity contribution in [1.82, 2.24) is 4.90 Å². The van der Waals surface area contributed by atoms with E-state index in [0.29, 0.717) is 6.54 Å². The Morgan fingerprint density at radius 1 is 1.64 bits per heavy atom. The normalized spacial score (nSPS) is 26.5. The Bertz CT molecular complexity index is 229. The van der Waals surface area contributed by atoms with E-state index in [1.807, 2.05) is 0 Å². The van der Waals surface area contributed by atoms with Gasteiger partial charge in [0, 0.05) is 13.5 Å². The van der Waals surface area contributed by atoms with E-state index in [9.17, 15) is 13.6 Å². The summed E-state index contributed by atoms with van der Waals surface area (Å²) in [5, 5.41) is 0. The summed E-state index contributed by atoms with van der Waals surface area (Å²) in [6.07, 6.45) is 1.51. The Labute approximate surface area is 90.8 Å². The number of piperidine rings is 1. The maximum atomic E-state index is 13.0. The lowest BCUT2D eigenvalue weighted by molar-refractivity contribution is -0.144. The van der Waals surface area contributed by atoms with Crippen molar-refractivity contribution >= 4 is 21.8 Å². The predicted molar refractivity (Wildman–Crippen MR) is 53.7 cm³/mol. The van der Waals surface area contributed by atoms with E-state index in [1.54, 1.807) is 0 Å². The van der Waals surface area contributed by atoms with Crippen LogP contribution in [0, 0.1) is 0 Å². The molecule has 0 spiro atoms. The van der Waals surface area contributed by atoms with Gasteiger partial charge >= 0.3 is 0 Å². The molecule has 0 aromatic heterocycles. The second-order valence-corrected chi connectivity index (χ2v) is 4.88. The van der Waals surface area contributed by atoms with Gasteiger partial charge in [0.2, 0.25) is 5.91 Å². The molecule has 1 heterocycles. The summed E-state index contributed by atoms with van der Waals surface area (Å²) in [6, 6.07) is -1.02. The minimum atomic E-state index is -2.83. The number of alkyl halides is 3. The van der Waals surface area contributed by atoms with Crippen molar-refractivity contribution in [2.24, 2.45) is 0 Å². The third-order valence-corrected chi connectivity index (χ3v) is 3.46. The minimum Gasteiger partial charge on any atom is -0.333 e. The molecule has 0 N–H and O–H groups in total. The summed E-state index contributed by atoms with van der Waals surface area (Å²) in [5.74, 6) is -3.05. The Hall–Kier alpha value is -0.190. The van der Waals surface area contributed by atoms with Crippen molar-refractivity contribution in [3.05, 3.63) is 0 Å². The van der Waals surface area contributed by atoms with E-state index in [4.69, 9.17) is 0 Å². The molecule has 2 atom stereocenters. The van der Waals surface area contributed by atoms with Crippen LogP contribution in [0.5, 0.6) is 0 Å². The number of halogens is 3. The molecule has 2 unspecified atom stereocenters. The monoisotopic (exact) mass is 269 g/mol. The van der Waals surface area contributed by atoms with Gasteiger partial charge in [-0.1, -0.05) is 15.9 Å². The summed E-state index contributed by atoms with van der Waals surface area (Å²) >= 11 is 3.19. The number of likely N-dealkylation sites (tertiary alicyclic amines) is 1. The maximum Gasteiger partial charge on any atom is 0.265 e. The molecule has 14 heavy (non-hydrogen) atoms. The zero-order valence-electron chi connectivity index (χ0n) is 8.27. The lowest BCUT2D eigenvalue weighted by atomic mass is 10.1. The fourth-order valence-corrected chi connectivity index (χ4v) is 2.10. The summed E-state index contributed by atoms with van der Waals surface area (Å²) < 4.78 is 26.0. The van der Waals surface area contributed by atoms with Crippen LogP contribution in [0.1, 0.15) is 26.7 Å². The van der Waals surface area contributed by atoms with E-state index < -0.39 is 12.0 Å². The molecule has 1 aliphatic heterocycles. The second-order valence-electron chi connectivity index (χ2n) is 3.77. The van der Waals surface area contributed by atoms with Gasteiger partial charge in [-0.25, -0.2) is 8.78 Å². The number of amides is 1. The van der Waals surface area contributed by atoms with Crippen LogP contribution in [0.25, 0.3) is 0 Å². The van der Waals surface area contributed by atoms with E-state index in [2.05, 4.69) is 15.9 Å². The molecule has 1 amide bonds. The summed E-state index contributed by atoms with van der Waals surface area (Å²) in [5.41, 5.74) is 0. The van der Waals surface area contributed by atoms with E-state index in [0.717, 1.165) is 19.8 Å². The van der Waals surface area contributed by atoms with Crippen LogP contribution in [0.15, 0.2) is 0 Å². The SMILES string of the molecule is CC(N1CCCC(Br)C1=O)C(C)(F)F. The first kappa shape index (κ1) is 11.9. The molecular weight excluding hydrogens is 256 g/mol. The highest BCUT2D eigenvalue weighted by Crippen LogP contribution is 2.27. The first-order valence-corrected chi connectivity index (χ1v) is 5.58. The molecular formula is C9H14BrF2NO. The van der Waals surface area contributed by atoms with Gasteiger partial charge < -0.3 is 4.90 Å². The molecule has 0 saturated carbocycles. The highest BCUT2D eigenvalue weighted by molar-refractivity contribution is 9.10. The zero-order chi connectivity index (χ0) is 10.9. The smallest absolute Gasteiger partial charge is 0.265 e. The molecule has 0 aromatic rings. The van der Waals surface area contributed by atoms with Gasteiger partial charge in [-0.15, -0.1) is 0 Å². The fraction of sp³-hybridized carbons (Fsp3) is 0.889. The number of nitrogens with zero attached hydrogens (tertiary/aromatic N) is 1. The third kappa shape index (κ3) is 2.43. The van der Waals surface area contributed by atoms with Crippen molar-refractivity contribution < 1.29 is 13.6 Å². The number of hydrogen-bond acceptors (Lipinski definition) is 1. The van der Waals surface area contributed by atoms with Gasteiger partial charge in [-0.05, 0) is 19.8 Å². The lowest BCUT2D eigenvalue weighted by Crippen LogP contribution is -2.52. The van der Waals surface area contributed by atoms with Gasteiger partial charge in [-0.2, -0.15) is 0 Å². The van der Waals surface area contributed by atoms with Crippen LogP contribution in [0.4, 0.5) is 8.78 Å². The van der Waals surface area contributed by atoms with Crippen molar-refractivity contribution in [2.75, 3.05) is 6.54 Å². The molecule has 2 nitrogen and oxygen atoms in total. The largest absolute Gasteiger partial charge is 0.333 e. The van der Waals surface area contributed by atoms with E-state index >= 15 is 0 Å². The minimum absolute atomic E-state index is 0.217. The Kier molecular flexibility index (Phi) is 3.50. The lowest BCUT2D eigenvalue weighted by Gasteiger charge is -2.37. The average molecular weight is 270 g/mol. The Balaban J connectivity index is 2.72. The van der Waals surface area contributed by atoms with Crippen LogP contribution in [0.2, 0.25) is 0 Å². The van der Waals surface area contributed by atoms with Crippen molar-refractivity contribution in [3.63, 3.8) is 0 Å². The fourth-order valence-electron chi connectivity index (χ4n) is 1.51. The van der Waals surface area contributed by atoms with Crippen LogP contribution in [-0.2, 0) is 4.79 Å². The third-order valence-electron chi connectivity index (χ3n) is 2.61. The second kappa shape index (κ2) is 4.13. The molecule has 5 heteroatoms. The molecule has 0 aromatic carbocycles. The van der Waals surface area contributed by atoms with Gasteiger partial charge in [0.1, 0.15) is 0 Å². The molecule has 1 rings (SSSR count). The molecule has 0 bridgehead atoms. The molecule has 82 valence electrons. The van der Waals surface area contributed by atoms with Gasteiger partial charge in [0.25, 0.3) is 5.92 Å². The zero-order valence-corrected chi connectivity index (χ0v) is 9.85. The first-order valence-electron chi connectivity index (χ1n) is 4.66. The summed E-state index contributed by atoms with van der Waals surface area (Å²) in [6.45, 7) is 2.68. The van der Waals surface area contributed by atoms with Crippen molar-refractivity contribution in [2.45, 2.75) is 43.5 Å². The van der Waals surface area contributed by atoms with E-state index in [-0.39, 0.29) is 10.7 Å². The maximum absolute atomic E-state index is 13.0. The van der Waals surface area contributed by atoms with Gasteiger partial charge in [0.05, 0.1) is 10.9 Å². The molecule has 1 saturated heterocycles. The molecule has 1 fully saturated rings. The average Bonchev–Trinajstić information content (AvgIpc) is 2.07. The van der Waals surface area contributed by atoms with Crippen LogP contribution >= 0.6 is 15.9 Å². The molecule has 0 radical (unpaired) electrons. The highest BCUT2D eigenvalue weighted by Gasteiger charge is 2.40. The Morgan fingerprint density at radius 2 is 2.21 bits per heavy atom. The summed E-state index contributed by atoms with van der Waals surface area (Å²) in [4.78, 5) is 12.5. The quantitative estimate of drug-likeness (QED) is 0.706. The predicted octanol–water partition coefficient (Wildman–Crippen LogP) is 2.42. The van der Waals surface area contributed by atoms with Crippen molar-refractivity contribution in [3.8, 4) is 0 Å². The molecule has 1 aliphatic rings. The van der Waals surface area contributed by atoms with Crippen LogP contribution in [-0.4, -0.2) is 34.1 Å².